The van der Waals surface area contributed by atoms with E-state index in [0.717, 1.165) is 12.8 Å². The molecule has 18 heavy (non-hydrogen) atoms. The molecule has 2 saturated heterocycles. The van der Waals surface area contributed by atoms with Gasteiger partial charge in [-0.15, -0.1) is 6.58 Å². The van der Waals surface area contributed by atoms with Crippen molar-refractivity contribution in [3.05, 3.63) is 12.7 Å². The summed E-state index contributed by atoms with van der Waals surface area (Å²) in [5.41, 5.74) is -0.0529. The topological polar surface area (TPSA) is 49.9 Å². The van der Waals surface area contributed by atoms with Crippen LogP contribution in [0.15, 0.2) is 12.7 Å². The number of hydrogen-bond donors (Lipinski definition) is 0. The minimum atomic E-state index is -0.122. The molecule has 4 fully saturated rings. The molecule has 0 aromatic rings. The Bertz CT molecular complexity index is 474. The molecule has 6 unspecified atom stereocenters. The third kappa shape index (κ3) is 0.912. The van der Waals surface area contributed by atoms with Gasteiger partial charge in [-0.1, -0.05) is 13.0 Å². The number of nitrogens with zero attached hydrogens (tertiary/aromatic N) is 1. The number of likely N-dealkylation sites (tertiary alicyclic amines) is 1. The first kappa shape index (κ1) is 10.7. The number of carbonyl (C=O) groups excluding carboxylic acids is 2. The van der Waals surface area contributed by atoms with Crippen LogP contribution >= 0.6 is 0 Å². The number of carbonyl (C=O) groups is 2. The normalized spacial score (nSPS) is 51.6. The second-order valence-corrected chi connectivity index (χ2v) is 6.06. The van der Waals surface area contributed by atoms with Crippen LogP contribution in [0.5, 0.6) is 0 Å². The number of hydrogen-bond acceptors (Lipinski definition) is 3. The van der Waals surface area contributed by atoms with Gasteiger partial charge in [0.05, 0.1) is 24.0 Å². The highest BCUT2D eigenvalue weighted by Crippen LogP contribution is 2.71. The maximum Gasteiger partial charge on any atom is 0.234 e. The molecule has 4 aliphatic rings. The predicted octanol–water partition coefficient (Wildman–Crippen LogP) is 0.971. The van der Waals surface area contributed by atoms with Gasteiger partial charge in [0.15, 0.2) is 0 Å². The quantitative estimate of drug-likeness (QED) is 0.424. The molecule has 0 aromatic heterocycles. The van der Waals surface area contributed by atoms with Gasteiger partial charge in [0.2, 0.25) is 11.8 Å². The van der Waals surface area contributed by atoms with Crippen LogP contribution in [0.1, 0.15) is 19.8 Å². The molecule has 2 amide bonds. The summed E-state index contributed by atoms with van der Waals surface area (Å²) in [6.45, 7) is 6.11. The second kappa shape index (κ2) is 3.05. The first-order valence-electron chi connectivity index (χ1n) is 6.77. The van der Waals surface area contributed by atoms with Crippen LogP contribution < -0.4 is 0 Å². The largest absolute Gasteiger partial charge is 0.369 e. The summed E-state index contributed by atoms with van der Waals surface area (Å²) in [6.07, 6.45) is 4.08. The molecule has 4 nitrogen and oxygen atoms in total. The summed E-state index contributed by atoms with van der Waals surface area (Å²) >= 11 is 0. The van der Waals surface area contributed by atoms with Gasteiger partial charge in [-0.25, -0.2) is 0 Å². The Morgan fingerprint density at radius 1 is 1.50 bits per heavy atom. The molecule has 0 radical (unpaired) electrons. The number of epoxide rings is 1. The lowest BCUT2D eigenvalue weighted by molar-refractivity contribution is -0.141. The smallest absolute Gasteiger partial charge is 0.234 e. The number of amides is 2. The van der Waals surface area contributed by atoms with Gasteiger partial charge in [-0.3, -0.25) is 14.5 Å². The Labute approximate surface area is 106 Å². The zero-order chi connectivity index (χ0) is 12.7. The molecular weight excluding hydrogens is 230 g/mol. The van der Waals surface area contributed by atoms with Crippen molar-refractivity contribution in [2.45, 2.75) is 32.0 Å². The van der Waals surface area contributed by atoms with Gasteiger partial charge in [0.25, 0.3) is 0 Å². The lowest BCUT2D eigenvalue weighted by Crippen LogP contribution is -2.39. The Morgan fingerprint density at radius 2 is 2.28 bits per heavy atom. The van der Waals surface area contributed by atoms with Gasteiger partial charge in [-0.2, -0.15) is 0 Å². The summed E-state index contributed by atoms with van der Waals surface area (Å²) in [5, 5.41) is 0. The highest BCUT2D eigenvalue weighted by molar-refractivity contribution is 6.06. The van der Waals surface area contributed by atoms with Crippen LogP contribution in [0.2, 0.25) is 0 Å². The fourth-order valence-corrected chi connectivity index (χ4v) is 4.88. The molecule has 2 aliphatic heterocycles. The summed E-state index contributed by atoms with van der Waals surface area (Å²) < 4.78 is 5.72. The lowest BCUT2D eigenvalue weighted by Gasteiger charge is -2.30. The standard InChI is InChI=1S/C14H17NO3/c1-3-5-15-12(16)8-7-6-14(4-2,9(8)13(15)17)11-10(7)18-11/h3,7-11H,1,4-6H2,2H3. The molecule has 2 saturated carbocycles. The van der Waals surface area contributed by atoms with Crippen LogP contribution in [0.3, 0.4) is 0 Å². The third-order valence-electron chi connectivity index (χ3n) is 5.62. The van der Waals surface area contributed by atoms with Crippen molar-refractivity contribution in [1.29, 1.82) is 0 Å². The minimum Gasteiger partial charge on any atom is -0.369 e. The average Bonchev–Trinajstić information content (AvgIpc) is 2.97. The maximum atomic E-state index is 12.5. The van der Waals surface area contributed by atoms with Crippen LogP contribution in [0.25, 0.3) is 0 Å². The average molecular weight is 247 g/mol. The Balaban J connectivity index is 1.77. The van der Waals surface area contributed by atoms with Crippen molar-refractivity contribution in [2.24, 2.45) is 23.2 Å². The minimum absolute atomic E-state index is 0.0131. The highest BCUT2D eigenvalue weighted by Gasteiger charge is 2.79. The van der Waals surface area contributed by atoms with Gasteiger partial charge in [0, 0.05) is 17.9 Å². The van der Waals surface area contributed by atoms with E-state index in [1.807, 2.05) is 0 Å². The van der Waals surface area contributed by atoms with Gasteiger partial charge >= 0.3 is 0 Å². The van der Waals surface area contributed by atoms with E-state index in [4.69, 9.17) is 4.74 Å². The van der Waals surface area contributed by atoms with E-state index in [2.05, 4.69) is 13.5 Å². The van der Waals surface area contributed by atoms with E-state index in [0.29, 0.717) is 6.54 Å². The highest BCUT2D eigenvalue weighted by atomic mass is 16.6. The molecule has 0 N–H and O–H groups in total. The molecule has 6 atom stereocenters. The van der Waals surface area contributed by atoms with Crippen LogP contribution in [0.4, 0.5) is 0 Å². The van der Waals surface area contributed by atoms with E-state index in [-0.39, 0.29) is 47.2 Å². The van der Waals surface area contributed by atoms with Crippen LogP contribution in [-0.2, 0) is 14.3 Å². The van der Waals surface area contributed by atoms with E-state index >= 15 is 0 Å². The Morgan fingerprint density at radius 3 is 2.94 bits per heavy atom. The lowest BCUT2D eigenvalue weighted by atomic mass is 9.70. The van der Waals surface area contributed by atoms with E-state index in [1.54, 1.807) is 6.08 Å². The molecule has 0 spiro atoms. The van der Waals surface area contributed by atoms with E-state index in [9.17, 15) is 9.59 Å². The molecule has 4 rings (SSSR count). The predicted molar refractivity (Wildman–Crippen MR) is 63.4 cm³/mol. The SMILES string of the molecule is C=CCN1C(=O)C2C3CC(CC)(C4OC34)C2C1=O. The molecule has 2 aliphatic carbocycles. The van der Waals surface area contributed by atoms with Crippen molar-refractivity contribution in [3.63, 3.8) is 0 Å². The number of fused-ring (bicyclic) bond motifs is 8. The number of rotatable bonds is 3. The van der Waals surface area contributed by atoms with Crippen LogP contribution in [0, 0.1) is 23.2 Å². The Kier molecular flexibility index (Phi) is 1.82. The van der Waals surface area contributed by atoms with Crippen molar-refractivity contribution < 1.29 is 14.3 Å². The van der Waals surface area contributed by atoms with Gasteiger partial charge in [0.1, 0.15) is 0 Å². The molecule has 2 heterocycles. The van der Waals surface area contributed by atoms with Crippen LogP contribution in [-0.4, -0.2) is 35.5 Å². The Hall–Kier alpha value is -1.16. The monoisotopic (exact) mass is 247 g/mol. The van der Waals surface area contributed by atoms with Gasteiger partial charge in [-0.05, 0) is 12.8 Å². The van der Waals surface area contributed by atoms with E-state index < -0.39 is 0 Å². The summed E-state index contributed by atoms with van der Waals surface area (Å²) in [7, 11) is 0. The first-order chi connectivity index (χ1) is 8.65. The summed E-state index contributed by atoms with van der Waals surface area (Å²) in [6, 6.07) is 0. The molecule has 2 bridgehead atoms. The zero-order valence-corrected chi connectivity index (χ0v) is 10.5. The summed E-state index contributed by atoms with van der Waals surface area (Å²) in [5.74, 6) is 0.0819. The fourth-order valence-electron chi connectivity index (χ4n) is 4.88. The van der Waals surface area contributed by atoms with Crippen molar-refractivity contribution >= 4 is 11.8 Å². The van der Waals surface area contributed by atoms with E-state index in [1.165, 1.54) is 4.90 Å². The molecule has 4 heteroatoms. The first-order valence-corrected chi connectivity index (χ1v) is 6.77. The number of imide groups is 1. The van der Waals surface area contributed by atoms with Crippen molar-refractivity contribution in [1.82, 2.24) is 4.90 Å². The maximum absolute atomic E-state index is 12.5. The van der Waals surface area contributed by atoms with Crippen molar-refractivity contribution in [2.75, 3.05) is 6.54 Å². The fraction of sp³-hybridized carbons (Fsp3) is 0.714. The van der Waals surface area contributed by atoms with Crippen molar-refractivity contribution in [3.8, 4) is 0 Å². The number of ether oxygens (including phenoxy) is 1. The summed E-state index contributed by atoms with van der Waals surface area (Å²) in [4.78, 5) is 26.3. The molecule has 0 aromatic carbocycles. The van der Waals surface area contributed by atoms with Gasteiger partial charge < -0.3 is 4.74 Å². The molecule has 96 valence electrons. The third-order valence-corrected chi connectivity index (χ3v) is 5.62. The zero-order valence-electron chi connectivity index (χ0n) is 10.5. The second-order valence-electron chi connectivity index (χ2n) is 6.06. The molecular formula is C14H17NO3.